The number of phenolic OH excluding ortho intramolecular Hbond substituents is 1. The number of halogens is 2. The molecular weight excluding hydrogens is 475 g/mol. The average molecular weight is 499 g/mol. The van der Waals surface area contributed by atoms with Crippen LogP contribution in [-0.2, 0) is 0 Å². The van der Waals surface area contributed by atoms with E-state index in [4.69, 9.17) is 14.5 Å². The number of ether oxygens (including phenoxy) is 2. The number of phenols is 1. The van der Waals surface area contributed by atoms with Crippen molar-refractivity contribution in [1.29, 1.82) is 0 Å². The van der Waals surface area contributed by atoms with Crippen molar-refractivity contribution in [3.63, 3.8) is 0 Å². The number of hydrogen-bond donors (Lipinski definition) is 2. The summed E-state index contributed by atoms with van der Waals surface area (Å²) in [5, 5.41) is 14.4. The zero-order valence-electron chi connectivity index (χ0n) is 17.8. The number of nitrogens with zero attached hydrogens (tertiary/aromatic N) is 1. The van der Waals surface area contributed by atoms with E-state index in [2.05, 4.69) is 21.2 Å². The molecule has 5 nitrogen and oxygen atoms in total. The third-order valence-corrected chi connectivity index (χ3v) is 6.02. The molecule has 0 spiro atoms. The van der Waals surface area contributed by atoms with Gasteiger partial charge in [0.25, 0.3) is 0 Å². The SMILES string of the molecule is CCOc1cccc([C@@H]2CC(c3cccc(OC)c3)=N[C@H](c3ccc(F)c(Br)c3)N2)c1O. The predicted octanol–water partition coefficient (Wildman–Crippen LogP) is 5.92. The fraction of sp³-hybridized carbons (Fsp3) is 0.240. The summed E-state index contributed by atoms with van der Waals surface area (Å²) in [7, 11) is 1.63. The normalized spacial score (nSPS) is 18.2. The number of benzene rings is 3. The summed E-state index contributed by atoms with van der Waals surface area (Å²) < 4.78 is 25.2. The number of rotatable bonds is 6. The molecule has 0 radical (unpaired) electrons. The van der Waals surface area contributed by atoms with Crippen molar-refractivity contribution in [1.82, 2.24) is 5.32 Å². The first-order valence-electron chi connectivity index (χ1n) is 10.4. The first-order valence-corrected chi connectivity index (χ1v) is 11.2. The van der Waals surface area contributed by atoms with E-state index in [1.807, 2.05) is 43.3 Å². The Morgan fingerprint density at radius 2 is 1.97 bits per heavy atom. The number of nitrogens with one attached hydrogen (secondary N) is 1. The van der Waals surface area contributed by atoms with Crippen molar-refractivity contribution in [2.24, 2.45) is 4.99 Å². The molecule has 2 N–H and O–H groups in total. The molecule has 3 aromatic carbocycles. The Hall–Kier alpha value is -2.90. The zero-order valence-corrected chi connectivity index (χ0v) is 19.4. The lowest BCUT2D eigenvalue weighted by molar-refractivity contribution is 0.313. The highest BCUT2D eigenvalue weighted by atomic mass is 79.9. The van der Waals surface area contributed by atoms with Gasteiger partial charge < -0.3 is 14.6 Å². The zero-order chi connectivity index (χ0) is 22.7. The van der Waals surface area contributed by atoms with Gasteiger partial charge in [-0.15, -0.1) is 0 Å². The molecule has 4 rings (SSSR count). The number of methoxy groups -OCH3 is 1. The molecule has 0 amide bonds. The van der Waals surface area contributed by atoms with Crippen LogP contribution in [0.5, 0.6) is 17.2 Å². The maximum Gasteiger partial charge on any atom is 0.162 e. The number of para-hydroxylation sites is 1. The van der Waals surface area contributed by atoms with Crippen molar-refractivity contribution in [2.45, 2.75) is 25.6 Å². The summed E-state index contributed by atoms with van der Waals surface area (Å²) in [6, 6.07) is 17.8. The molecular formula is C25H24BrFN2O3. The van der Waals surface area contributed by atoms with Gasteiger partial charge >= 0.3 is 0 Å². The number of aromatic hydroxyl groups is 1. The lowest BCUT2D eigenvalue weighted by Crippen LogP contribution is -2.33. The molecule has 0 saturated carbocycles. The first kappa shape index (κ1) is 22.3. The van der Waals surface area contributed by atoms with Crippen LogP contribution >= 0.6 is 15.9 Å². The van der Waals surface area contributed by atoms with Crippen molar-refractivity contribution in [2.75, 3.05) is 13.7 Å². The smallest absolute Gasteiger partial charge is 0.162 e. The van der Waals surface area contributed by atoms with Gasteiger partial charge in [-0.05, 0) is 64.3 Å². The summed E-state index contributed by atoms with van der Waals surface area (Å²) in [6.45, 7) is 2.33. The largest absolute Gasteiger partial charge is 0.504 e. The third-order valence-electron chi connectivity index (χ3n) is 5.41. The quantitative estimate of drug-likeness (QED) is 0.442. The molecule has 3 aromatic rings. The molecule has 7 heteroatoms. The van der Waals surface area contributed by atoms with E-state index in [1.54, 1.807) is 25.3 Å². The van der Waals surface area contributed by atoms with E-state index < -0.39 is 6.17 Å². The Bertz CT molecular complexity index is 1150. The molecule has 0 bridgehead atoms. The van der Waals surface area contributed by atoms with Crippen LogP contribution in [0, 0.1) is 5.82 Å². The van der Waals surface area contributed by atoms with E-state index >= 15 is 0 Å². The molecule has 0 saturated heterocycles. The molecule has 0 unspecified atom stereocenters. The minimum Gasteiger partial charge on any atom is -0.504 e. The van der Waals surface area contributed by atoms with Crippen LogP contribution in [0.1, 0.15) is 42.2 Å². The van der Waals surface area contributed by atoms with Crippen molar-refractivity contribution < 1.29 is 19.0 Å². The fourth-order valence-electron chi connectivity index (χ4n) is 3.83. The molecule has 2 atom stereocenters. The van der Waals surface area contributed by atoms with Gasteiger partial charge in [-0.25, -0.2) is 4.39 Å². The molecule has 32 heavy (non-hydrogen) atoms. The first-order chi connectivity index (χ1) is 15.5. The molecule has 0 aromatic heterocycles. The second kappa shape index (κ2) is 9.71. The van der Waals surface area contributed by atoms with Crippen molar-refractivity contribution >= 4 is 21.6 Å². The molecule has 1 heterocycles. The molecule has 0 aliphatic carbocycles. The van der Waals surface area contributed by atoms with Gasteiger partial charge in [0.2, 0.25) is 0 Å². The lowest BCUT2D eigenvalue weighted by Gasteiger charge is -2.31. The Labute approximate surface area is 195 Å². The Balaban J connectivity index is 1.78. The number of hydrogen-bond acceptors (Lipinski definition) is 5. The van der Waals surface area contributed by atoms with Gasteiger partial charge in [-0.3, -0.25) is 10.3 Å². The average Bonchev–Trinajstić information content (AvgIpc) is 2.82. The summed E-state index contributed by atoms with van der Waals surface area (Å²) in [5.74, 6) is 0.957. The molecule has 0 fully saturated rings. The summed E-state index contributed by atoms with van der Waals surface area (Å²) in [6.07, 6.45) is 0.122. The van der Waals surface area contributed by atoms with Gasteiger partial charge in [0.1, 0.15) is 17.7 Å². The monoisotopic (exact) mass is 498 g/mol. The van der Waals surface area contributed by atoms with Gasteiger partial charge in [-0.1, -0.05) is 30.3 Å². The second-order valence-electron chi connectivity index (χ2n) is 7.43. The molecule has 166 valence electrons. The van der Waals surface area contributed by atoms with Gasteiger partial charge in [-0.2, -0.15) is 0 Å². The van der Waals surface area contributed by atoms with Crippen LogP contribution in [0.25, 0.3) is 0 Å². The third kappa shape index (κ3) is 4.64. The standard InChI is InChI=1S/C25H24BrFN2O3/c1-3-32-23-9-5-8-18(24(23)30)22-14-21(15-6-4-7-17(12-15)31-2)28-25(29-22)16-10-11-20(27)19(26)13-16/h4-13,22,25,29-30H,3,14H2,1-2H3/t22-,25-/m0/s1. The van der Waals surface area contributed by atoms with E-state index in [-0.39, 0.29) is 17.6 Å². The van der Waals surface area contributed by atoms with Gasteiger partial charge in [0, 0.05) is 23.7 Å². The highest BCUT2D eigenvalue weighted by molar-refractivity contribution is 9.10. The van der Waals surface area contributed by atoms with Crippen LogP contribution < -0.4 is 14.8 Å². The van der Waals surface area contributed by atoms with Crippen LogP contribution in [0.2, 0.25) is 0 Å². The lowest BCUT2D eigenvalue weighted by atomic mass is 9.93. The van der Waals surface area contributed by atoms with Crippen LogP contribution in [-0.4, -0.2) is 24.5 Å². The summed E-state index contributed by atoms with van der Waals surface area (Å²) >= 11 is 3.27. The molecule has 1 aliphatic heterocycles. The maximum atomic E-state index is 13.8. The minimum atomic E-state index is -0.429. The van der Waals surface area contributed by atoms with Crippen LogP contribution in [0.15, 0.2) is 70.1 Å². The van der Waals surface area contributed by atoms with Gasteiger partial charge in [0.05, 0.1) is 18.2 Å². The van der Waals surface area contributed by atoms with Gasteiger partial charge in [0.15, 0.2) is 11.5 Å². The van der Waals surface area contributed by atoms with Crippen LogP contribution in [0.4, 0.5) is 4.39 Å². The van der Waals surface area contributed by atoms with E-state index in [0.717, 1.165) is 28.2 Å². The van der Waals surface area contributed by atoms with Crippen molar-refractivity contribution in [3.05, 3.63) is 87.6 Å². The van der Waals surface area contributed by atoms with E-state index in [1.165, 1.54) is 6.07 Å². The van der Waals surface area contributed by atoms with Crippen molar-refractivity contribution in [3.8, 4) is 17.2 Å². The highest BCUT2D eigenvalue weighted by Crippen LogP contribution is 2.39. The van der Waals surface area contributed by atoms with E-state index in [0.29, 0.717) is 23.2 Å². The Morgan fingerprint density at radius 3 is 2.72 bits per heavy atom. The summed E-state index contributed by atoms with van der Waals surface area (Å²) in [5.41, 5.74) is 3.32. The summed E-state index contributed by atoms with van der Waals surface area (Å²) in [4.78, 5) is 4.93. The van der Waals surface area contributed by atoms with E-state index in [9.17, 15) is 9.50 Å². The minimum absolute atomic E-state index is 0.109. The molecule has 1 aliphatic rings. The predicted molar refractivity (Wildman–Crippen MR) is 126 cm³/mol. The van der Waals surface area contributed by atoms with Crippen LogP contribution in [0.3, 0.4) is 0 Å². The number of aliphatic imine (C=N–C) groups is 1. The topological polar surface area (TPSA) is 63.1 Å². The second-order valence-corrected chi connectivity index (χ2v) is 8.29. The highest BCUT2D eigenvalue weighted by Gasteiger charge is 2.29. The Morgan fingerprint density at radius 1 is 1.16 bits per heavy atom. The maximum absolute atomic E-state index is 13.8. The Kier molecular flexibility index (Phi) is 6.77. The fourth-order valence-corrected chi connectivity index (χ4v) is 4.23.